The molecule has 244 valence electrons. The molecular weight excluding hydrogens is 612 g/mol. The summed E-state index contributed by atoms with van der Waals surface area (Å²) in [6, 6.07) is 15.7. The Bertz CT molecular complexity index is 1620. The summed E-state index contributed by atoms with van der Waals surface area (Å²) in [6.45, 7) is 2.11. The zero-order valence-electron chi connectivity index (χ0n) is 25.2. The second-order valence-electron chi connectivity index (χ2n) is 11.9. The topological polar surface area (TPSA) is 9.23 Å². The van der Waals surface area contributed by atoms with Crippen LogP contribution in [0.25, 0.3) is 22.3 Å². The van der Waals surface area contributed by atoms with Crippen LogP contribution in [0.4, 0.5) is 35.1 Å². The van der Waals surface area contributed by atoms with E-state index in [0.29, 0.717) is 43.4 Å². The van der Waals surface area contributed by atoms with Gasteiger partial charge in [-0.05, 0) is 91.0 Å². The van der Waals surface area contributed by atoms with E-state index >= 15 is 8.78 Å². The predicted octanol–water partition coefficient (Wildman–Crippen LogP) is 12.0. The normalized spacial score (nSPS) is 17.1. The monoisotopic (exact) mass is 646 g/mol. The quantitative estimate of drug-likeness (QED) is 0.116. The number of benzene rings is 4. The maximum Gasteiger partial charge on any atom is 0.383 e. The van der Waals surface area contributed by atoms with Gasteiger partial charge in [0.1, 0.15) is 23.3 Å². The van der Waals surface area contributed by atoms with Gasteiger partial charge in [-0.1, -0.05) is 68.3 Å². The molecule has 1 fully saturated rings. The van der Waals surface area contributed by atoms with E-state index in [9.17, 15) is 26.3 Å². The predicted molar refractivity (Wildman–Crippen MR) is 162 cm³/mol. The minimum atomic E-state index is -3.42. The van der Waals surface area contributed by atoms with Gasteiger partial charge in [0.15, 0.2) is 0 Å². The molecule has 0 unspecified atom stereocenters. The van der Waals surface area contributed by atoms with Gasteiger partial charge in [0.2, 0.25) is 0 Å². The second kappa shape index (κ2) is 14.4. The fraction of sp³-hybridized carbons (Fsp3) is 0.351. The van der Waals surface area contributed by atoms with Gasteiger partial charge >= 0.3 is 6.11 Å². The Kier molecular flexibility index (Phi) is 10.5. The molecule has 0 atom stereocenters. The lowest BCUT2D eigenvalue weighted by Gasteiger charge is -2.31. The van der Waals surface area contributed by atoms with Gasteiger partial charge in [-0.15, -0.1) is 0 Å². The Morgan fingerprint density at radius 2 is 1.28 bits per heavy atom. The highest BCUT2D eigenvalue weighted by Gasteiger charge is 2.37. The third kappa shape index (κ3) is 7.63. The highest BCUT2D eigenvalue weighted by atomic mass is 19.3. The Morgan fingerprint density at radius 1 is 0.696 bits per heavy atom. The fourth-order valence-corrected chi connectivity index (χ4v) is 6.12. The number of unbranched alkanes of at least 4 members (excludes halogenated alkanes) is 2. The van der Waals surface area contributed by atoms with Crippen molar-refractivity contribution >= 4 is 0 Å². The maximum absolute atomic E-state index is 15.3. The van der Waals surface area contributed by atoms with Crippen LogP contribution in [0.15, 0.2) is 72.8 Å². The first-order valence-corrected chi connectivity index (χ1v) is 15.5. The summed E-state index contributed by atoms with van der Waals surface area (Å²) in [7, 11) is 0. The van der Waals surface area contributed by atoms with Gasteiger partial charge in [-0.3, -0.25) is 0 Å². The number of hydrogen-bond donors (Lipinski definition) is 0. The smallest absolute Gasteiger partial charge is 0.313 e. The second-order valence-corrected chi connectivity index (χ2v) is 11.9. The summed E-state index contributed by atoms with van der Waals surface area (Å²) < 4.78 is 119. The van der Waals surface area contributed by atoms with Gasteiger partial charge in [-0.25, -0.2) is 26.3 Å². The summed E-state index contributed by atoms with van der Waals surface area (Å²) in [5.74, 6) is -4.59. The fourth-order valence-electron chi connectivity index (χ4n) is 6.12. The van der Waals surface area contributed by atoms with Crippen LogP contribution < -0.4 is 0 Å². The van der Waals surface area contributed by atoms with E-state index in [1.54, 1.807) is 18.2 Å². The molecule has 1 aliphatic rings. The average Bonchev–Trinajstić information content (AvgIpc) is 3.01. The molecule has 0 N–H and O–H groups in total. The van der Waals surface area contributed by atoms with Gasteiger partial charge < -0.3 is 4.74 Å². The minimum Gasteiger partial charge on any atom is -0.313 e. The van der Waals surface area contributed by atoms with E-state index in [1.165, 1.54) is 36.4 Å². The van der Waals surface area contributed by atoms with E-state index in [4.69, 9.17) is 4.74 Å². The van der Waals surface area contributed by atoms with Crippen LogP contribution in [0.1, 0.15) is 86.5 Å². The molecule has 1 nitrogen and oxygen atoms in total. The molecular formula is C37H34F8O. The molecule has 1 aliphatic carbocycles. The van der Waals surface area contributed by atoms with Gasteiger partial charge in [0.25, 0.3) is 6.43 Å². The SMILES string of the molecule is CCCCCc1ccc(C(F)(F)OC2CCC(c3ccc(-c4ccc(-c5cc(F)c(C(F)F)c(F)c5)c(F)c4)c(F)c3)CC2)cc1. The van der Waals surface area contributed by atoms with Crippen molar-refractivity contribution in [1.82, 2.24) is 0 Å². The lowest BCUT2D eigenvalue weighted by atomic mass is 9.82. The Morgan fingerprint density at radius 3 is 1.87 bits per heavy atom. The van der Waals surface area contributed by atoms with Crippen molar-refractivity contribution in [2.75, 3.05) is 0 Å². The number of hydrogen-bond acceptors (Lipinski definition) is 1. The third-order valence-corrected chi connectivity index (χ3v) is 8.70. The average molecular weight is 647 g/mol. The van der Waals surface area contributed by atoms with E-state index in [2.05, 4.69) is 6.92 Å². The summed E-state index contributed by atoms with van der Waals surface area (Å²) in [4.78, 5) is 0. The van der Waals surface area contributed by atoms with Crippen molar-refractivity contribution in [3.05, 3.63) is 118 Å². The molecule has 0 radical (unpaired) electrons. The number of halogens is 8. The van der Waals surface area contributed by atoms with Crippen LogP contribution in [-0.2, 0) is 17.3 Å². The first-order valence-electron chi connectivity index (χ1n) is 15.5. The van der Waals surface area contributed by atoms with Crippen molar-refractivity contribution in [2.45, 2.75) is 82.8 Å². The molecule has 0 aliphatic heterocycles. The summed E-state index contributed by atoms with van der Waals surface area (Å²) in [5, 5.41) is 0. The molecule has 4 aromatic carbocycles. The lowest BCUT2D eigenvalue weighted by molar-refractivity contribution is -0.277. The lowest BCUT2D eigenvalue weighted by Crippen LogP contribution is -2.29. The first-order chi connectivity index (χ1) is 22.0. The summed E-state index contributed by atoms with van der Waals surface area (Å²) in [6.07, 6.45) is -1.58. The molecule has 0 saturated heterocycles. The number of ether oxygens (including phenoxy) is 1. The van der Waals surface area contributed by atoms with Gasteiger partial charge in [0, 0.05) is 11.1 Å². The van der Waals surface area contributed by atoms with Crippen molar-refractivity contribution in [3.63, 3.8) is 0 Å². The molecule has 0 heterocycles. The zero-order valence-corrected chi connectivity index (χ0v) is 25.2. The number of rotatable bonds is 11. The Labute approximate surface area is 263 Å². The molecule has 0 spiro atoms. The Hall–Kier alpha value is -3.72. The molecule has 5 rings (SSSR count). The summed E-state index contributed by atoms with van der Waals surface area (Å²) >= 11 is 0. The maximum atomic E-state index is 15.3. The van der Waals surface area contributed by atoms with Crippen LogP contribution >= 0.6 is 0 Å². The zero-order chi connectivity index (χ0) is 33.0. The van der Waals surface area contributed by atoms with Gasteiger partial charge in [-0.2, -0.15) is 8.78 Å². The minimum absolute atomic E-state index is 0.0699. The van der Waals surface area contributed by atoms with Crippen LogP contribution in [0, 0.1) is 23.3 Å². The largest absolute Gasteiger partial charge is 0.383 e. The number of alkyl halides is 4. The van der Waals surface area contributed by atoms with Gasteiger partial charge in [0.05, 0.1) is 17.2 Å². The van der Waals surface area contributed by atoms with E-state index in [1.807, 2.05) is 0 Å². The number of aryl methyl sites for hydroxylation is 1. The molecule has 0 aromatic heterocycles. The van der Waals surface area contributed by atoms with E-state index in [0.717, 1.165) is 37.3 Å². The molecule has 0 amide bonds. The van der Waals surface area contributed by atoms with E-state index < -0.39 is 47.5 Å². The highest BCUT2D eigenvalue weighted by Crippen LogP contribution is 2.40. The molecule has 1 saturated carbocycles. The van der Waals surface area contributed by atoms with E-state index in [-0.39, 0.29) is 33.7 Å². The highest BCUT2D eigenvalue weighted by molar-refractivity contribution is 5.72. The van der Waals surface area contributed by atoms with Crippen LogP contribution in [0.5, 0.6) is 0 Å². The van der Waals surface area contributed by atoms with Crippen LogP contribution in [-0.4, -0.2) is 6.10 Å². The summed E-state index contributed by atoms with van der Waals surface area (Å²) in [5.41, 5.74) is -0.109. The molecule has 9 heteroatoms. The standard InChI is InChI=1S/C37H34F8O/c1-2-3-4-5-22-6-12-27(13-7-22)37(44,45)46-28-14-8-23(9-15-28)24-10-16-29(31(38)18-24)25-11-17-30(32(39)19-25)26-20-33(40)35(36(42)43)34(41)21-26/h6-7,10-13,16-21,23,28,36H,2-5,8-9,14-15H2,1H3. The van der Waals surface area contributed by atoms with Crippen molar-refractivity contribution in [1.29, 1.82) is 0 Å². The van der Waals surface area contributed by atoms with Crippen molar-refractivity contribution in [3.8, 4) is 22.3 Å². The van der Waals surface area contributed by atoms with Crippen LogP contribution in [0.3, 0.4) is 0 Å². The van der Waals surface area contributed by atoms with Crippen molar-refractivity contribution in [2.24, 2.45) is 0 Å². The Balaban J connectivity index is 1.21. The van der Waals surface area contributed by atoms with Crippen LogP contribution in [0.2, 0.25) is 0 Å². The molecule has 46 heavy (non-hydrogen) atoms. The first kappa shape index (κ1) is 33.6. The molecule has 0 bridgehead atoms. The molecule has 4 aromatic rings. The van der Waals surface area contributed by atoms with Crippen molar-refractivity contribution < 1.29 is 39.9 Å². The third-order valence-electron chi connectivity index (χ3n) is 8.70.